The summed E-state index contributed by atoms with van der Waals surface area (Å²) in [5, 5.41) is 0. The fourth-order valence-corrected chi connectivity index (χ4v) is 7.45. The van der Waals surface area contributed by atoms with Gasteiger partial charge in [-0.25, -0.2) is 8.78 Å². The Morgan fingerprint density at radius 3 is 1.94 bits per heavy atom. The Morgan fingerprint density at radius 1 is 0.617 bits per heavy atom. The van der Waals surface area contributed by atoms with Crippen LogP contribution in [0.4, 0.5) is 8.78 Å². The molecule has 1 aliphatic rings. The maximum atomic E-state index is 15.3. The first kappa shape index (κ1) is 34.9. The predicted molar refractivity (Wildman–Crippen MR) is 195 cm³/mol. The Labute approximate surface area is 282 Å². The molecule has 1 saturated carbocycles. The van der Waals surface area contributed by atoms with Gasteiger partial charge in [0.15, 0.2) is 0 Å². The van der Waals surface area contributed by atoms with E-state index < -0.39 is 0 Å². The molecular formula is C44H54F2O. The summed E-state index contributed by atoms with van der Waals surface area (Å²) >= 11 is 0. The van der Waals surface area contributed by atoms with Crippen molar-refractivity contribution >= 4 is 0 Å². The molecule has 0 saturated heterocycles. The maximum Gasteiger partial charge on any atom is 0.135 e. The summed E-state index contributed by atoms with van der Waals surface area (Å²) in [6.45, 7) is 8.70. The van der Waals surface area contributed by atoms with Crippen LogP contribution < -0.4 is 4.74 Å². The number of hydrogen-bond acceptors (Lipinski definition) is 1. The summed E-state index contributed by atoms with van der Waals surface area (Å²) in [6.07, 6.45) is 16.1. The second-order valence-corrected chi connectivity index (χ2v) is 13.9. The van der Waals surface area contributed by atoms with E-state index >= 15 is 4.39 Å². The van der Waals surface area contributed by atoms with Crippen molar-refractivity contribution in [2.75, 3.05) is 0 Å². The summed E-state index contributed by atoms with van der Waals surface area (Å²) in [7, 11) is 0. The summed E-state index contributed by atoms with van der Waals surface area (Å²) in [5.41, 5.74) is 7.44. The van der Waals surface area contributed by atoms with E-state index in [0.29, 0.717) is 11.7 Å². The number of benzene rings is 4. The highest BCUT2D eigenvalue weighted by molar-refractivity contribution is 5.77. The zero-order valence-electron chi connectivity index (χ0n) is 29.1. The van der Waals surface area contributed by atoms with Gasteiger partial charge in [-0.3, -0.25) is 0 Å². The van der Waals surface area contributed by atoms with Crippen molar-refractivity contribution in [3.8, 4) is 33.8 Å². The maximum absolute atomic E-state index is 15.3. The molecule has 0 heterocycles. The van der Waals surface area contributed by atoms with E-state index in [1.807, 2.05) is 42.5 Å². The predicted octanol–water partition coefficient (Wildman–Crippen LogP) is 13.9. The molecular weight excluding hydrogens is 582 g/mol. The van der Waals surface area contributed by atoms with Crippen molar-refractivity contribution in [2.24, 2.45) is 5.92 Å². The number of halogens is 2. The lowest BCUT2D eigenvalue weighted by atomic mass is 9.76. The third-order valence-corrected chi connectivity index (χ3v) is 10.3. The second-order valence-electron chi connectivity index (χ2n) is 13.9. The fourth-order valence-electron chi connectivity index (χ4n) is 7.45. The van der Waals surface area contributed by atoms with Crippen LogP contribution in [0.3, 0.4) is 0 Å². The van der Waals surface area contributed by atoms with Crippen molar-refractivity contribution in [1.29, 1.82) is 0 Å². The van der Waals surface area contributed by atoms with Gasteiger partial charge in [0, 0.05) is 5.56 Å². The molecule has 0 radical (unpaired) electrons. The van der Waals surface area contributed by atoms with Crippen LogP contribution in [0.15, 0.2) is 72.8 Å². The van der Waals surface area contributed by atoms with E-state index in [0.717, 1.165) is 83.6 Å². The first-order valence-corrected chi connectivity index (χ1v) is 18.4. The molecule has 0 aromatic heterocycles. The molecule has 47 heavy (non-hydrogen) atoms. The van der Waals surface area contributed by atoms with Crippen LogP contribution in [0.2, 0.25) is 0 Å². The van der Waals surface area contributed by atoms with Gasteiger partial charge < -0.3 is 4.74 Å². The van der Waals surface area contributed by atoms with Crippen molar-refractivity contribution in [3.63, 3.8) is 0 Å². The highest BCUT2D eigenvalue weighted by Crippen LogP contribution is 2.42. The van der Waals surface area contributed by atoms with Gasteiger partial charge in [0.05, 0.1) is 0 Å². The molecule has 250 valence electrons. The van der Waals surface area contributed by atoms with Crippen LogP contribution in [0.25, 0.3) is 22.3 Å². The van der Waals surface area contributed by atoms with Crippen molar-refractivity contribution in [1.82, 2.24) is 0 Å². The molecule has 4 aromatic carbocycles. The highest BCUT2D eigenvalue weighted by atomic mass is 19.1. The number of hydrogen-bond donors (Lipinski definition) is 0. The first-order chi connectivity index (χ1) is 22.9. The normalized spacial score (nSPS) is 16.4. The number of unbranched alkanes of at least 4 members (excludes halogenated alkanes) is 4. The van der Waals surface area contributed by atoms with Gasteiger partial charge in [-0.05, 0) is 133 Å². The first-order valence-electron chi connectivity index (χ1n) is 18.4. The number of ether oxygens (including phenoxy) is 1. The fraction of sp³-hybridized carbons (Fsp3) is 0.455. The molecule has 0 bridgehead atoms. The minimum absolute atomic E-state index is 0.178. The van der Waals surface area contributed by atoms with Gasteiger partial charge in [0.2, 0.25) is 0 Å². The van der Waals surface area contributed by atoms with Crippen molar-refractivity contribution < 1.29 is 13.5 Å². The summed E-state index contributed by atoms with van der Waals surface area (Å²) in [6, 6.07) is 23.5. The lowest BCUT2D eigenvalue weighted by Gasteiger charge is -2.30. The Kier molecular flexibility index (Phi) is 12.7. The summed E-state index contributed by atoms with van der Waals surface area (Å²) in [5.74, 6) is 2.53. The monoisotopic (exact) mass is 636 g/mol. The molecule has 3 heteroatoms. The van der Waals surface area contributed by atoms with Crippen molar-refractivity contribution in [2.45, 2.75) is 124 Å². The molecule has 0 N–H and O–H groups in total. The van der Waals surface area contributed by atoms with Crippen LogP contribution in [0.1, 0.15) is 126 Å². The van der Waals surface area contributed by atoms with Gasteiger partial charge in [0.1, 0.15) is 23.1 Å². The SMILES string of the molecule is CCCCCc1ccc(-c2ccc(-c3ccc(CCC)c(F)c3)cc2Oc2ccc(C3CCC(CCCCC)CC3)c(C)c2)cc1F. The molecule has 0 amide bonds. The third kappa shape index (κ3) is 9.12. The average molecular weight is 637 g/mol. The zero-order chi connectivity index (χ0) is 33.2. The molecule has 1 aliphatic carbocycles. The Hall–Kier alpha value is -3.46. The van der Waals surface area contributed by atoms with E-state index in [2.05, 4.69) is 45.9 Å². The smallest absolute Gasteiger partial charge is 0.135 e. The topological polar surface area (TPSA) is 9.23 Å². The second kappa shape index (κ2) is 17.1. The Bertz CT molecular complexity index is 1600. The standard InChI is InChI=1S/C44H54F2O/c1-5-8-10-13-32-15-17-33(18-16-32)40-26-24-39(27-31(40)4)47-44-30-37(36-21-19-34(12-7-3)42(45)28-36)23-25-41(44)38-22-20-35(43(46)29-38)14-11-9-6-2/h19-30,32-33H,5-18H2,1-4H3. The highest BCUT2D eigenvalue weighted by Gasteiger charge is 2.23. The van der Waals surface area contributed by atoms with E-state index in [9.17, 15) is 4.39 Å². The molecule has 0 atom stereocenters. The van der Waals surface area contributed by atoms with Crippen LogP contribution >= 0.6 is 0 Å². The molecule has 1 fully saturated rings. The van der Waals surface area contributed by atoms with Gasteiger partial charge in [0.25, 0.3) is 0 Å². The number of rotatable bonds is 15. The Morgan fingerprint density at radius 2 is 1.26 bits per heavy atom. The van der Waals surface area contributed by atoms with E-state index in [1.165, 1.54) is 62.5 Å². The van der Waals surface area contributed by atoms with Crippen LogP contribution in [-0.4, -0.2) is 0 Å². The average Bonchev–Trinajstić information content (AvgIpc) is 3.07. The minimum atomic E-state index is -0.183. The molecule has 5 rings (SSSR count). The molecule has 0 unspecified atom stereocenters. The molecule has 1 nitrogen and oxygen atoms in total. The number of aryl methyl sites for hydroxylation is 3. The largest absolute Gasteiger partial charge is 0.457 e. The van der Waals surface area contributed by atoms with Crippen molar-refractivity contribution in [3.05, 3.63) is 107 Å². The quantitative estimate of drug-likeness (QED) is 0.118. The molecule has 0 spiro atoms. The lowest BCUT2D eigenvalue weighted by Crippen LogP contribution is -2.14. The van der Waals surface area contributed by atoms with Crippen LogP contribution in [0, 0.1) is 24.5 Å². The van der Waals surface area contributed by atoms with E-state index in [4.69, 9.17) is 4.74 Å². The van der Waals surface area contributed by atoms with Gasteiger partial charge >= 0.3 is 0 Å². The summed E-state index contributed by atoms with van der Waals surface area (Å²) < 4.78 is 36.9. The van der Waals surface area contributed by atoms with Crippen LogP contribution in [-0.2, 0) is 12.8 Å². The van der Waals surface area contributed by atoms with Crippen LogP contribution in [0.5, 0.6) is 11.5 Å². The molecule has 4 aromatic rings. The summed E-state index contributed by atoms with van der Waals surface area (Å²) in [4.78, 5) is 0. The third-order valence-electron chi connectivity index (χ3n) is 10.3. The minimum Gasteiger partial charge on any atom is -0.457 e. The molecule has 0 aliphatic heterocycles. The zero-order valence-corrected chi connectivity index (χ0v) is 29.1. The lowest BCUT2D eigenvalue weighted by molar-refractivity contribution is 0.302. The van der Waals surface area contributed by atoms with Gasteiger partial charge in [-0.1, -0.05) is 108 Å². The van der Waals surface area contributed by atoms with Gasteiger partial charge in [-0.2, -0.15) is 0 Å². The Balaban J connectivity index is 1.41. The van der Waals surface area contributed by atoms with Gasteiger partial charge in [-0.15, -0.1) is 0 Å². The van der Waals surface area contributed by atoms with E-state index in [-0.39, 0.29) is 11.6 Å². The van der Waals surface area contributed by atoms with E-state index in [1.54, 1.807) is 12.1 Å².